The van der Waals surface area contributed by atoms with E-state index in [2.05, 4.69) is 19.8 Å². The number of hydrogen-bond donors (Lipinski definition) is 2. The van der Waals surface area contributed by atoms with E-state index in [1.807, 2.05) is 12.1 Å². The lowest BCUT2D eigenvalue weighted by Crippen LogP contribution is -2.07. The summed E-state index contributed by atoms with van der Waals surface area (Å²) in [5.41, 5.74) is 2.49. The van der Waals surface area contributed by atoms with Gasteiger partial charge in [-0.3, -0.25) is 0 Å². The van der Waals surface area contributed by atoms with Crippen molar-refractivity contribution in [2.45, 2.75) is 9.24 Å². The standard InChI is InChI=1S/C7H7N5S2/c8-12-6-3-5(1-2-9-6)13-7-10-4-11-14-7/h1-4H,8H2,(H,9,12). The van der Waals surface area contributed by atoms with Gasteiger partial charge in [-0.2, -0.15) is 4.37 Å². The lowest BCUT2D eigenvalue weighted by atomic mass is 10.5. The summed E-state index contributed by atoms with van der Waals surface area (Å²) in [5, 5.41) is 0. The zero-order chi connectivity index (χ0) is 9.80. The van der Waals surface area contributed by atoms with Crippen molar-refractivity contribution >= 4 is 29.1 Å². The normalized spacial score (nSPS) is 10.1. The van der Waals surface area contributed by atoms with Crippen LogP contribution in [-0.4, -0.2) is 14.3 Å². The molecule has 0 fully saturated rings. The molecule has 0 saturated carbocycles. The first-order valence-electron chi connectivity index (χ1n) is 3.75. The van der Waals surface area contributed by atoms with E-state index in [0.717, 1.165) is 9.24 Å². The third kappa shape index (κ3) is 2.19. The number of nitrogen functional groups attached to an aromatic ring is 1. The van der Waals surface area contributed by atoms with Gasteiger partial charge in [0.2, 0.25) is 0 Å². The molecule has 2 heterocycles. The Hall–Kier alpha value is -1.18. The molecule has 0 aliphatic heterocycles. The zero-order valence-electron chi connectivity index (χ0n) is 7.04. The fourth-order valence-corrected chi connectivity index (χ4v) is 2.31. The predicted molar refractivity (Wildman–Crippen MR) is 56.1 cm³/mol. The molecule has 0 unspecified atom stereocenters. The van der Waals surface area contributed by atoms with Crippen molar-refractivity contribution in [2.75, 3.05) is 5.43 Å². The van der Waals surface area contributed by atoms with Crippen LogP contribution in [0, 0.1) is 0 Å². The van der Waals surface area contributed by atoms with E-state index < -0.39 is 0 Å². The number of aromatic nitrogens is 3. The van der Waals surface area contributed by atoms with Crippen LogP contribution in [0.2, 0.25) is 0 Å². The molecule has 72 valence electrons. The van der Waals surface area contributed by atoms with Gasteiger partial charge in [0.15, 0.2) is 4.34 Å². The van der Waals surface area contributed by atoms with Gasteiger partial charge in [-0.1, -0.05) is 11.8 Å². The van der Waals surface area contributed by atoms with Crippen LogP contribution in [0.15, 0.2) is 33.9 Å². The molecule has 2 rings (SSSR count). The number of nitrogens with zero attached hydrogens (tertiary/aromatic N) is 3. The van der Waals surface area contributed by atoms with Crippen molar-refractivity contribution in [3.05, 3.63) is 24.7 Å². The maximum absolute atomic E-state index is 5.24. The first kappa shape index (κ1) is 9.38. The van der Waals surface area contributed by atoms with E-state index in [4.69, 9.17) is 5.84 Å². The molecule has 5 nitrogen and oxygen atoms in total. The van der Waals surface area contributed by atoms with Crippen LogP contribution in [-0.2, 0) is 0 Å². The van der Waals surface area contributed by atoms with Gasteiger partial charge in [-0.05, 0) is 23.7 Å². The smallest absolute Gasteiger partial charge is 0.174 e. The molecule has 7 heteroatoms. The van der Waals surface area contributed by atoms with Crippen LogP contribution in [0.3, 0.4) is 0 Å². The fourth-order valence-electron chi connectivity index (χ4n) is 0.862. The molecular weight excluding hydrogens is 218 g/mol. The zero-order valence-corrected chi connectivity index (χ0v) is 8.68. The summed E-state index contributed by atoms with van der Waals surface area (Å²) in [6.45, 7) is 0. The molecular formula is C7H7N5S2. The number of hydrogen-bond acceptors (Lipinski definition) is 7. The van der Waals surface area contributed by atoms with Gasteiger partial charge < -0.3 is 5.43 Å². The van der Waals surface area contributed by atoms with Gasteiger partial charge in [0.25, 0.3) is 0 Å². The number of nitrogens with two attached hydrogens (primary N) is 1. The Balaban J connectivity index is 2.17. The molecule has 0 amide bonds. The average Bonchev–Trinajstić information content (AvgIpc) is 2.71. The minimum absolute atomic E-state index is 0.638. The van der Waals surface area contributed by atoms with E-state index in [0.29, 0.717) is 5.82 Å². The Labute approximate surface area is 88.9 Å². The largest absolute Gasteiger partial charge is 0.308 e. The van der Waals surface area contributed by atoms with Crippen LogP contribution < -0.4 is 11.3 Å². The van der Waals surface area contributed by atoms with E-state index in [1.165, 1.54) is 29.6 Å². The molecule has 0 bridgehead atoms. The lowest BCUT2D eigenvalue weighted by Gasteiger charge is -2.00. The summed E-state index contributed by atoms with van der Waals surface area (Å²) in [7, 11) is 0. The molecule has 0 atom stereocenters. The minimum Gasteiger partial charge on any atom is -0.308 e. The Morgan fingerprint density at radius 1 is 1.43 bits per heavy atom. The molecule has 0 radical (unpaired) electrons. The second-order valence-corrected chi connectivity index (χ2v) is 4.43. The molecule has 0 spiro atoms. The molecule has 0 aromatic carbocycles. The Bertz CT molecular complexity index is 402. The number of hydrazine groups is 1. The lowest BCUT2D eigenvalue weighted by molar-refractivity contribution is 1.18. The predicted octanol–water partition coefficient (Wildman–Crippen LogP) is 1.37. The highest BCUT2D eigenvalue weighted by molar-refractivity contribution is 8.01. The number of pyridine rings is 1. The van der Waals surface area contributed by atoms with Crippen LogP contribution >= 0.6 is 23.3 Å². The second-order valence-electron chi connectivity index (χ2n) is 2.33. The van der Waals surface area contributed by atoms with Crippen molar-refractivity contribution in [1.29, 1.82) is 0 Å². The van der Waals surface area contributed by atoms with Crippen molar-refractivity contribution in [1.82, 2.24) is 14.3 Å². The van der Waals surface area contributed by atoms with Crippen molar-refractivity contribution in [2.24, 2.45) is 5.84 Å². The monoisotopic (exact) mass is 225 g/mol. The van der Waals surface area contributed by atoms with Crippen molar-refractivity contribution in [3.8, 4) is 0 Å². The van der Waals surface area contributed by atoms with Gasteiger partial charge >= 0.3 is 0 Å². The van der Waals surface area contributed by atoms with Gasteiger partial charge in [0.1, 0.15) is 12.1 Å². The second kappa shape index (κ2) is 4.36. The summed E-state index contributed by atoms with van der Waals surface area (Å²) >= 11 is 2.89. The highest BCUT2D eigenvalue weighted by atomic mass is 32.2. The van der Waals surface area contributed by atoms with Gasteiger partial charge in [-0.25, -0.2) is 15.8 Å². The highest BCUT2D eigenvalue weighted by Gasteiger charge is 2.01. The van der Waals surface area contributed by atoms with E-state index >= 15 is 0 Å². The Morgan fingerprint density at radius 3 is 3.07 bits per heavy atom. The number of nitrogens with one attached hydrogen (secondary N) is 1. The molecule has 0 aliphatic rings. The summed E-state index contributed by atoms with van der Waals surface area (Å²) in [6.07, 6.45) is 3.23. The van der Waals surface area contributed by atoms with Crippen molar-refractivity contribution in [3.63, 3.8) is 0 Å². The summed E-state index contributed by atoms with van der Waals surface area (Å²) in [5.74, 6) is 5.88. The molecule has 14 heavy (non-hydrogen) atoms. The molecule has 0 aliphatic carbocycles. The van der Waals surface area contributed by atoms with Gasteiger partial charge in [0.05, 0.1) is 0 Å². The summed E-state index contributed by atoms with van der Waals surface area (Å²) in [4.78, 5) is 9.10. The Kier molecular flexibility index (Phi) is 2.92. The number of rotatable bonds is 3. The van der Waals surface area contributed by atoms with E-state index in [9.17, 15) is 0 Å². The first-order valence-corrected chi connectivity index (χ1v) is 5.34. The minimum atomic E-state index is 0.638. The third-order valence-electron chi connectivity index (χ3n) is 1.43. The van der Waals surface area contributed by atoms with E-state index in [1.54, 1.807) is 6.20 Å². The van der Waals surface area contributed by atoms with Crippen LogP contribution in [0.4, 0.5) is 5.82 Å². The van der Waals surface area contributed by atoms with Gasteiger partial charge in [-0.15, -0.1) is 0 Å². The topological polar surface area (TPSA) is 76.7 Å². The maximum Gasteiger partial charge on any atom is 0.174 e. The average molecular weight is 225 g/mol. The quantitative estimate of drug-likeness (QED) is 0.607. The van der Waals surface area contributed by atoms with Crippen LogP contribution in [0.1, 0.15) is 0 Å². The summed E-state index contributed by atoms with van der Waals surface area (Å²) in [6, 6.07) is 3.75. The first-order chi connectivity index (χ1) is 6.88. The van der Waals surface area contributed by atoms with Crippen LogP contribution in [0.5, 0.6) is 0 Å². The molecule has 3 N–H and O–H groups in total. The van der Waals surface area contributed by atoms with E-state index in [-0.39, 0.29) is 0 Å². The molecule has 0 saturated heterocycles. The highest BCUT2D eigenvalue weighted by Crippen LogP contribution is 2.28. The SMILES string of the molecule is NNc1cc(Sc2ncns2)ccn1. The summed E-state index contributed by atoms with van der Waals surface area (Å²) < 4.78 is 4.82. The van der Waals surface area contributed by atoms with Gasteiger partial charge in [0, 0.05) is 11.1 Å². The maximum atomic E-state index is 5.24. The fraction of sp³-hybridized carbons (Fsp3) is 0. The molecule has 2 aromatic rings. The third-order valence-corrected chi connectivity index (χ3v) is 3.13. The molecule has 2 aromatic heterocycles. The Morgan fingerprint density at radius 2 is 2.36 bits per heavy atom. The van der Waals surface area contributed by atoms with Crippen LogP contribution in [0.25, 0.3) is 0 Å². The number of anilines is 1. The van der Waals surface area contributed by atoms with Crippen molar-refractivity contribution < 1.29 is 0 Å².